The van der Waals surface area contributed by atoms with Crippen LogP contribution in [0.25, 0.3) is 6.08 Å². The molecule has 0 aliphatic carbocycles. The van der Waals surface area contributed by atoms with E-state index in [1.165, 1.54) is 11.3 Å². The van der Waals surface area contributed by atoms with Crippen molar-refractivity contribution in [1.29, 1.82) is 0 Å². The highest BCUT2D eigenvalue weighted by atomic mass is 35.5. The molecule has 0 spiro atoms. The van der Waals surface area contributed by atoms with Gasteiger partial charge in [-0.15, -0.1) is 22.7 Å². The molecular weight excluding hydrogens is 248 g/mol. The molecule has 0 radical (unpaired) electrons. The largest absolute Gasteiger partial charge is 0.288 e. The summed E-state index contributed by atoms with van der Waals surface area (Å²) in [6.07, 6.45) is 3.40. The van der Waals surface area contributed by atoms with E-state index in [4.69, 9.17) is 11.6 Å². The first kappa shape index (κ1) is 10.6. The fourth-order valence-corrected chi connectivity index (χ4v) is 2.65. The van der Waals surface area contributed by atoms with Gasteiger partial charge in [-0.2, -0.15) is 0 Å². The minimum Gasteiger partial charge on any atom is -0.288 e. The van der Waals surface area contributed by atoms with E-state index in [2.05, 4.69) is 0 Å². The molecule has 76 valence electrons. The van der Waals surface area contributed by atoms with Gasteiger partial charge < -0.3 is 0 Å². The normalized spacial score (nSPS) is 11.0. The van der Waals surface area contributed by atoms with Gasteiger partial charge in [-0.25, -0.2) is 0 Å². The Kier molecular flexibility index (Phi) is 3.36. The molecule has 2 aromatic rings. The lowest BCUT2D eigenvalue weighted by Crippen LogP contribution is -1.87. The number of carbonyl (C=O) groups is 1. The summed E-state index contributed by atoms with van der Waals surface area (Å²) in [6.45, 7) is 0. The van der Waals surface area contributed by atoms with E-state index in [-0.39, 0.29) is 5.78 Å². The van der Waals surface area contributed by atoms with Gasteiger partial charge in [0.05, 0.1) is 9.21 Å². The molecule has 4 heteroatoms. The standard InChI is InChI=1S/C11H7ClOS2/c12-11-6-5-10(15-11)9(13)4-3-8-2-1-7-14-8/h1-7H/b4-3-. The third-order valence-electron chi connectivity index (χ3n) is 1.76. The topological polar surface area (TPSA) is 17.1 Å². The predicted molar refractivity (Wildman–Crippen MR) is 67.0 cm³/mol. The molecule has 0 aliphatic rings. The monoisotopic (exact) mass is 254 g/mol. The number of halogens is 1. The molecule has 0 aliphatic heterocycles. The summed E-state index contributed by atoms with van der Waals surface area (Å²) in [4.78, 5) is 13.4. The van der Waals surface area contributed by atoms with Gasteiger partial charge in [-0.05, 0) is 35.7 Å². The zero-order valence-corrected chi connectivity index (χ0v) is 10.0. The Morgan fingerprint density at radius 1 is 1.33 bits per heavy atom. The van der Waals surface area contributed by atoms with Crippen molar-refractivity contribution in [2.24, 2.45) is 0 Å². The van der Waals surface area contributed by atoms with E-state index in [0.717, 1.165) is 4.88 Å². The van der Waals surface area contributed by atoms with Crippen LogP contribution in [-0.4, -0.2) is 5.78 Å². The molecular formula is C11H7ClOS2. The summed E-state index contributed by atoms with van der Waals surface area (Å²) in [5.74, 6) is 0.000278. The average Bonchev–Trinajstić information content (AvgIpc) is 2.84. The van der Waals surface area contributed by atoms with Crippen molar-refractivity contribution in [3.8, 4) is 0 Å². The van der Waals surface area contributed by atoms with E-state index in [1.54, 1.807) is 29.5 Å². The summed E-state index contributed by atoms with van der Waals surface area (Å²) >= 11 is 8.65. The Balaban J connectivity index is 2.10. The number of allylic oxidation sites excluding steroid dienone is 1. The third kappa shape index (κ3) is 2.78. The minimum absolute atomic E-state index is 0.000278. The van der Waals surface area contributed by atoms with Gasteiger partial charge in [0, 0.05) is 4.88 Å². The van der Waals surface area contributed by atoms with Crippen molar-refractivity contribution >= 4 is 46.1 Å². The number of hydrogen-bond acceptors (Lipinski definition) is 3. The SMILES string of the molecule is O=C(/C=C\c1cccs1)c1ccc(Cl)s1. The molecule has 0 saturated carbocycles. The van der Waals surface area contributed by atoms with Crippen LogP contribution in [0.1, 0.15) is 14.5 Å². The first-order chi connectivity index (χ1) is 7.25. The van der Waals surface area contributed by atoms with Crippen LogP contribution in [-0.2, 0) is 0 Å². The Morgan fingerprint density at radius 2 is 2.20 bits per heavy atom. The summed E-state index contributed by atoms with van der Waals surface area (Å²) in [5, 5.41) is 1.98. The van der Waals surface area contributed by atoms with Crippen molar-refractivity contribution < 1.29 is 4.79 Å². The van der Waals surface area contributed by atoms with E-state index >= 15 is 0 Å². The molecule has 1 nitrogen and oxygen atoms in total. The highest BCUT2D eigenvalue weighted by Crippen LogP contribution is 2.22. The van der Waals surface area contributed by atoms with Crippen LogP contribution in [0, 0.1) is 0 Å². The van der Waals surface area contributed by atoms with E-state index in [9.17, 15) is 4.79 Å². The number of carbonyl (C=O) groups excluding carboxylic acids is 1. The minimum atomic E-state index is 0.000278. The van der Waals surface area contributed by atoms with Crippen LogP contribution >= 0.6 is 34.3 Å². The molecule has 15 heavy (non-hydrogen) atoms. The van der Waals surface area contributed by atoms with Gasteiger partial charge in [0.2, 0.25) is 0 Å². The molecule has 0 bridgehead atoms. The summed E-state index contributed by atoms with van der Waals surface area (Å²) in [5.41, 5.74) is 0. The predicted octanol–water partition coefficient (Wildman–Crippen LogP) is 4.36. The maximum atomic E-state index is 11.6. The fourth-order valence-electron chi connectivity index (χ4n) is 1.07. The maximum Gasteiger partial charge on any atom is 0.195 e. The Hall–Kier alpha value is -0.900. The number of hydrogen-bond donors (Lipinski definition) is 0. The zero-order chi connectivity index (χ0) is 10.7. The summed E-state index contributed by atoms with van der Waals surface area (Å²) in [6, 6.07) is 7.40. The summed E-state index contributed by atoms with van der Waals surface area (Å²) < 4.78 is 0.642. The average molecular weight is 255 g/mol. The van der Waals surface area contributed by atoms with Crippen molar-refractivity contribution in [1.82, 2.24) is 0 Å². The lowest BCUT2D eigenvalue weighted by atomic mass is 10.3. The third-order valence-corrected chi connectivity index (χ3v) is 3.84. The number of thiophene rings is 2. The molecule has 0 fully saturated rings. The van der Waals surface area contributed by atoms with Gasteiger partial charge >= 0.3 is 0 Å². The quantitative estimate of drug-likeness (QED) is 0.588. The van der Waals surface area contributed by atoms with Crippen LogP contribution in [0.15, 0.2) is 35.7 Å². The Morgan fingerprint density at radius 3 is 2.80 bits per heavy atom. The molecule has 2 rings (SSSR count). The second-order valence-electron chi connectivity index (χ2n) is 2.82. The molecule has 0 saturated heterocycles. The van der Waals surface area contributed by atoms with Gasteiger partial charge in [-0.3, -0.25) is 4.79 Å². The highest BCUT2D eigenvalue weighted by Gasteiger charge is 2.04. The lowest BCUT2D eigenvalue weighted by Gasteiger charge is -1.87. The van der Waals surface area contributed by atoms with Crippen molar-refractivity contribution in [2.75, 3.05) is 0 Å². The molecule has 0 atom stereocenters. The summed E-state index contributed by atoms with van der Waals surface area (Å²) in [7, 11) is 0. The molecule has 0 N–H and O–H groups in total. The molecule has 0 aromatic carbocycles. The molecule has 2 heterocycles. The smallest absolute Gasteiger partial charge is 0.195 e. The van der Waals surface area contributed by atoms with Crippen LogP contribution in [0.2, 0.25) is 4.34 Å². The van der Waals surface area contributed by atoms with Crippen LogP contribution in [0.3, 0.4) is 0 Å². The highest BCUT2D eigenvalue weighted by molar-refractivity contribution is 7.18. The van der Waals surface area contributed by atoms with E-state index < -0.39 is 0 Å². The van der Waals surface area contributed by atoms with Crippen molar-refractivity contribution in [2.45, 2.75) is 0 Å². The second-order valence-corrected chi connectivity index (χ2v) is 5.51. The van der Waals surface area contributed by atoms with Crippen molar-refractivity contribution in [3.63, 3.8) is 0 Å². The van der Waals surface area contributed by atoms with Gasteiger partial charge in [0.25, 0.3) is 0 Å². The maximum absolute atomic E-state index is 11.6. The molecule has 0 unspecified atom stereocenters. The van der Waals surface area contributed by atoms with Gasteiger partial charge in [0.1, 0.15) is 0 Å². The Labute approximate surface area is 101 Å². The van der Waals surface area contributed by atoms with Crippen LogP contribution < -0.4 is 0 Å². The second kappa shape index (κ2) is 4.75. The fraction of sp³-hybridized carbons (Fsp3) is 0. The Bertz CT molecular complexity index is 482. The lowest BCUT2D eigenvalue weighted by molar-refractivity contribution is 0.105. The van der Waals surface area contributed by atoms with E-state index in [0.29, 0.717) is 9.21 Å². The van der Waals surface area contributed by atoms with Gasteiger partial charge in [-0.1, -0.05) is 17.7 Å². The first-order valence-corrected chi connectivity index (χ1v) is 6.34. The van der Waals surface area contributed by atoms with Crippen LogP contribution in [0.4, 0.5) is 0 Å². The van der Waals surface area contributed by atoms with Gasteiger partial charge in [0.15, 0.2) is 5.78 Å². The zero-order valence-electron chi connectivity index (χ0n) is 7.64. The molecule has 0 amide bonds. The number of rotatable bonds is 3. The van der Waals surface area contributed by atoms with Crippen molar-refractivity contribution in [3.05, 3.63) is 49.8 Å². The first-order valence-electron chi connectivity index (χ1n) is 4.27. The number of ketones is 1. The molecule has 2 aromatic heterocycles. The van der Waals surface area contributed by atoms with Crippen LogP contribution in [0.5, 0.6) is 0 Å². The van der Waals surface area contributed by atoms with E-state index in [1.807, 2.05) is 23.6 Å².